The van der Waals surface area contributed by atoms with Crippen molar-refractivity contribution >= 4 is 46.5 Å². The molecule has 35 heavy (non-hydrogen) atoms. The highest BCUT2D eigenvalue weighted by atomic mass is 35.5. The minimum Gasteiger partial charge on any atom is -0.377 e. The van der Waals surface area contributed by atoms with Crippen molar-refractivity contribution in [1.82, 2.24) is 4.90 Å². The number of hydrogen-bond donors (Lipinski definition) is 2. The van der Waals surface area contributed by atoms with Gasteiger partial charge in [-0.05, 0) is 62.2 Å². The summed E-state index contributed by atoms with van der Waals surface area (Å²) in [5, 5.41) is 5.90. The van der Waals surface area contributed by atoms with Crippen LogP contribution < -0.4 is 15.5 Å². The van der Waals surface area contributed by atoms with E-state index in [1.807, 2.05) is 6.92 Å². The van der Waals surface area contributed by atoms with Gasteiger partial charge >= 0.3 is 6.03 Å². The second kappa shape index (κ2) is 11.0. The predicted molar refractivity (Wildman–Crippen MR) is 132 cm³/mol. The Hall–Kier alpha value is -3.17. The number of rotatable bonds is 6. The van der Waals surface area contributed by atoms with E-state index in [-0.39, 0.29) is 30.7 Å². The first-order valence-corrected chi connectivity index (χ1v) is 12.1. The lowest BCUT2D eigenvalue weighted by molar-refractivity contribution is -0.120. The molecule has 2 atom stereocenters. The Morgan fingerprint density at radius 1 is 1.14 bits per heavy atom. The molecule has 0 aromatic heterocycles. The smallest absolute Gasteiger partial charge is 0.322 e. The predicted octanol–water partition coefficient (Wildman–Crippen LogP) is 4.65. The molecule has 2 aromatic carbocycles. The molecule has 2 aromatic rings. The summed E-state index contributed by atoms with van der Waals surface area (Å²) >= 11 is 5.90. The van der Waals surface area contributed by atoms with Crippen molar-refractivity contribution in [3.8, 4) is 0 Å². The maximum Gasteiger partial charge on any atom is 0.322 e. The lowest BCUT2D eigenvalue weighted by Crippen LogP contribution is -2.45. The summed E-state index contributed by atoms with van der Waals surface area (Å²) in [6.45, 7) is 3.05. The monoisotopic (exact) mass is 502 g/mol. The van der Waals surface area contributed by atoms with Crippen LogP contribution in [0.3, 0.4) is 0 Å². The van der Waals surface area contributed by atoms with E-state index in [1.54, 1.807) is 35.2 Å². The van der Waals surface area contributed by atoms with Crippen molar-refractivity contribution < 1.29 is 23.5 Å². The van der Waals surface area contributed by atoms with Crippen molar-refractivity contribution in [3.63, 3.8) is 0 Å². The number of hydrogen-bond acceptors (Lipinski definition) is 4. The largest absolute Gasteiger partial charge is 0.377 e. The average molecular weight is 503 g/mol. The number of likely N-dealkylation sites (tertiary alicyclic amines) is 1. The quantitative estimate of drug-likeness (QED) is 0.601. The van der Waals surface area contributed by atoms with Crippen LogP contribution in [0, 0.1) is 5.82 Å². The molecule has 0 aliphatic carbocycles. The first-order valence-electron chi connectivity index (χ1n) is 11.7. The van der Waals surface area contributed by atoms with Gasteiger partial charge in [0, 0.05) is 48.9 Å². The van der Waals surface area contributed by atoms with Gasteiger partial charge in [-0.2, -0.15) is 0 Å². The van der Waals surface area contributed by atoms with Crippen LogP contribution in [0.15, 0.2) is 42.5 Å². The van der Waals surface area contributed by atoms with E-state index in [9.17, 15) is 18.8 Å². The number of carbonyl (C=O) groups excluding carboxylic acids is 3. The SMILES string of the molecule is CCO[C@@H]1C[C@H](C(=O)Nc2ccc(N3CCCCC3=O)cc2F)N(C(=O)Nc2ccc(Cl)cc2)C1. The molecule has 4 amide bonds. The van der Waals surface area contributed by atoms with Gasteiger partial charge in [-0.25, -0.2) is 9.18 Å². The zero-order valence-electron chi connectivity index (χ0n) is 19.4. The van der Waals surface area contributed by atoms with Crippen LogP contribution >= 0.6 is 11.6 Å². The Bertz CT molecular complexity index is 1100. The summed E-state index contributed by atoms with van der Waals surface area (Å²) in [7, 11) is 0. The van der Waals surface area contributed by atoms with E-state index in [2.05, 4.69) is 10.6 Å². The number of halogens is 2. The molecule has 4 rings (SSSR count). The van der Waals surface area contributed by atoms with E-state index in [0.717, 1.165) is 12.8 Å². The normalized spacial score (nSPS) is 20.1. The second-order valence-electron chi connectivity index (χ2n) is 8.57. The third-order valence-electron chi connectivity index (χ3n) is 6.17. The van der Waals surface area contributed by atoms with E-state index in [4.69, 9.17) is 16.3 Å². The van der Waals surface area contributed by atoms with Crippen LogP contribution in [0.1, 0.15) is 32.6 Å². The number of nitrogens with one attached hydrogen (secondary N) is 2. The molecule has 0 saturated carbocycles. The first-order chi connectivity index (χ1) is 16.9. The molecule has 2 N–H and O–H groups in total. The summed E-state index contributed by atoms with van der Waals surface area (Å²) in [4.78, 5) is 41.2. The molecule has 0 unspecified atom stereocenters. The van der Waals surface area contributed by atoms with Gasteiger partial charge in [0.15, 0.2) is 0 Å². The van der Waals surface area contributed by atoms with Gasteiger partial charge in [0.1, 0.15) is 11.9 Å². The number of piperidine rings is 1. The average Bonchev–Trinajstić information content (AvgIpc) is 3.27. The zero-order valence-corrected chi connectivity index (χ0v) is 20.2. The van der Waals surface area contributed by atoms with Crippen LogP contribution in [0.5, 0.6) is 0 Å². The maximum atomic E-state index is 14.9. The van der Waals surface area contributed by atoms with Crippen LogP contribution in [0.2, 0.25) is 5.02 Å². The molecule has 2 heterocycles. The van der Waals surface area contributed by atoms with Gasteiger partial charge in [0.25, 0.3) is 0 Å². The van der Waals surface area contributed by atoms with E-state index in [0.29, 0.717) is 36.0 Å². The minimum atomic E-state index is -0.846. The van der Waals surface area contributed by atoms with Crippen molar-refractivity contribution in [2.24, 2.45) is 0 Å². The van der Waals surface area contributed by atoms with E-state index < -0.39 is 23.8 Å². The lowest BCUT2D eigenvalue weighted by atomic mass is 10.1. The molecular weight excluding hydrogens is 475 g/mol. The number of amides is 4. The Labute approximate surface area is 208 Å². The lowest BCUT2D eigenvalue weighted by Gasteiger charge is -2.27. The Morgan fingerprint density at radius 2 is 1.91 bits per heavy atom. The Morgan fingerprint density at radius 3 is 2.60 bits per heavy atom. The van der Waals surface area contributed by atoms with E-state index >= 15 is 0 Å². The number of ether oxygens (including phenoxy) is 1. The highest BCUT2D eigenvalue weighted by molar-refractivity contribution is 6.30. The Balaban J connectivity index is 1.47. The number of anilines is 3. The molecular formula is C25H28ClFN4O4. The molecule has 2 aliphatic rings. The highest BCUT2D eigenvalue weighted by Crippen LogP contribution is 2.28. The first kappa shape index (κ1) is 24.9. The van der Waals surface area contributed by atoms with E-state index in [1.165, 1.54) is 17.0 Å². The fourth-order valence-electron chi connectivity index (χ4n) is 4.42. The van der Waals surface area contributed by atoms with Crippen molar-refractivity contribution in [1.29, 1.82) is 0 Å². The molecule has 8 nitrogen and oxygen atoms in total. The van der Waals surface area contributed by atoms with Crippen molar-refractivity contribution in [2.45, 2.75) is 44.8 Å². The molecule has 0 bridgehead atoms. The van der Waals surface area contributed by atoms with Crippen LogP contribution in [-0.4, -0.2) is 54.6 Å². The summed E-state index contributed by atoms with van der Waals surface area (Å²) in [5.41, 5.74) is 0.986. The molecule has 0 radical (unpaired) electrons. The molecule has 0 spiro atoms. The zero-order chi connectivity index (χ0) is 24.9. The van der Waals surface area contributed by atoms with Crippen molar-refractivity contribution in [2.75, 3.05) is 35.2 Å². The number of carbonyl (C=O) groups is 3. The molecule has 186 valence electrons. The summed E-state index contributed by atoms with van der Waals surface area (Å²) in [6.07, 6.45) is 2.11. The Kier molecular flexibility index (Phi) is 7.87. The van der Waals surface area contributed by atoms with Gasteiger partial charge in [-0.15, -0.1) is 0 Å². The van der Waals surface area contributed by atoms with Crippen molar-refractivity contribution in [3.05, 3.63) is 53.3 Å². The minimum absolute atomic E-state index is 0.0128. The van der Waals surface area contributed by atoms with Crippen LogP contribution in [-0.2, 0) is 14.3 Å². The van der Waals surface area contributed by atoms with Crippen LogP contribution in [0.25, 0.3) is 0 Å². The van der Waals surface area contributed by atoms with Gasteiger partial charge in [0.05, 0.1) is 11.8 Å². The number of nitrogens with zero attached hydrogens (tertiary/aromatic N) is 2. The third kappa shape index (κ3) is 5.91. The topological polar surface area (TPSA) is 91.0 Å². The third-order valence-corrected chi connectivity index (χ3v) is 6.42. The number of benzene rings is 2. The molecule has 2 fully saturated rings. The fourth-order valence-corrected chi connectivity index (χ4v) is 4.55. The summed E-state index contributed by atoms with van der Waals surface area (Å²) in [5.74, 6) is -1.20. The van der Waals surface area contributed by atoms with Gasteiger partial charge < -0.3 is 25.2 Å². The summed E-state index contributed by atoms with van der Waals surface area (Å²) < 4.78 is 20.5. The highest BCUT2D eigenvalue weighted by Gasteiger charge is 2.40. The maximum absolute atomic E-state index is 14.9. The fraction of sp³-hybridized carbons (Fsp3) is 0.400. The molecule has 2 saturated heterocycles. The summed E-state index contributed by atoms with van der Waals surface area (Å²) in [6, 6.07) is 9.63. The standard InChI is InChI=1S/C25H28ClFN4O4/c1-2-35-19-14-22(31(15-19)25(34)28-17-8-6-16(26)7-9-17)24(33)29-21-11-10-18(13-20(21)27)30-12-4-3-5-23(30)32/h6-11,13,19,22H,2-5,12,14-15H2,1H3,(H,28,34)(H,29,33)/t19-,22-/m1/s1. The van der Waals surface area contributed by atoms with Crippen LogP contribution in [0.4, 0.5) is 26.2 Å². The van der Waals surface area contributed by atoms with Gasteiger partial charge in [0.2, 0.25) is 11.8 Å². The molecule has 2 aliphatic heterocycles. The van der Waals surface area contributed by atoms with Gasteiger partial charge in [-0.3, -0.25) is 9.59 Å². The molecule has 10 heteroatoms. The number of urea groups is 1. The van der Waals surface area contributed by atoms with Gasteiger partial charge in [-0.1, -0.05) is 11.6 Å². The second-order valence-corrected chi connectivity index (χ2v) is 9.01.